The van der Waals surface area contributed by atoms with Crippen molar-refractivity contribution in [2.75, 3.05) is 16.8 Å². The summed E-state index contributed by atoms with van der Waals surface area (Å²) in [7, 11) is 0. The molecule has 0 fully saturated rings. The minimum absolute atomic E-state index is 0.0402. The molecule has 0 aliphatic rings. The fraction of sp³-hybridized carbons (Fsp3) is 0.211. The second-order valence-corrected chi connectivity index (χ2v) is 6.52. The second kappa shape index (κ2) is 8.83. The van der Waals surface area contributed by atoms with Crippen LogP contribution >= 0.6 is 23.2 Å². The molecule has 2 rings (SSSR count). The molecule has 0 radical (unpaired) electrons. The molecule has 7 heteroatoms. The highest BCUT2D eigenvalue weighted by Gasteiger charge is 2.15. The number of carbonyl (C=O) groups excluding carboxylic acids is 3. The maximum Gasteiger partial charge on any atom is 0.226 e. The molecule has 0 heterocycles. The van der Waals surface area contributed by atoms with E-state index in [-0.39, 0.29) is 30.6 Å². The zero-order valence-corrected chi connectivity index (χ0v) is 15.9. The van der Waals surface area contributed by atoms with Gasteiger partial charge in [0.15, 0.2) is 5.78 Å². The number of nitrogens with zero attached hydrogens (tertiary/aromatic N) is 1. The van der Waals surface area contributed by atoms with E-state index in [4.69, 9.17) is 23.2 Å². The summed E-state index contributed by atoms with van der Waals surface area (Å²) < 4.78 is 0. The standard InChI is InChI=1S/C19H18Cl2N2O3/c1-12(24)14-3-5-15(6-4-14)22-19(26)9-10-23(13(2)25)16-7-8-17(20)18(21)11-16/h3-8,11H,9-10H2,1-2H3,(H,22,26). The van der Waals surface area contributed by atoms with Crippen LogP contribution in [0.25, 0.3) is 0 Å². The first-order chi connectivity index (χ1) is 12.3. The molecule has 5 nitrogen and oxygen atoms in total. The summed E-state index contributed by atoms with van der Waals surface area (Å²) in [6.07, 6.45) is 0.105. The number of ketones is 1. The summed E-state index contributed by atoms with van der Waals surface area (Å²) in [5.74, 6) is -0.490. The van der Waals surface area contributed by atoms with Gasteiger partial charge in [0.2, 0.25) is 11.8 Å². The lowest BCUT2D eigenvalue weighted by atomic mass is 10.1. The van der Waals surface area contributed by atoms with Gasteiger partial charge in [-0.3, -0.25) is 14.4 Å². The summed E-state index contributed by atoms with van der Waals surface area (Å²) in [4.78, 5) is 36.8. The second-order valence-electron chi connectivity index (χ2n) is 5.70. The van der Waals surface area contributed by atoms with Crippen LogP contribution < -0.4 is 10.2 Å². The number of carbonyl (C=O) groups is 3. The first-order valence-electron chi connectivity index (χ1n) is 7.92. The van der Waals surface area contributed by atoms with Crippen LogP contribution in [0, 0.1) is 0 Å². The van der Waals surface area contributed by atoms with Gasteiger partial charge < -0.3 is 10.2 Å². The lowest BCUT2D eigenvalue weighted by Gasteiger charge is -2.21. The first-order valence-corrected chi connectivity index (χ1v) is 8.67. The van der Waals surface area contributed by atoms with Crippen LogP contribution in [-0.4, -0.2) is 24.1 Å². The number of anilines is 2. The third-order valence-electron chi connectivity index (χ3n) is 3.73. The van der Waals surface area contributed by atoms with Crippen LogP contribution in [0.5, 0.6) is 0 Å². The molecule has 0 unspecified atom stereocenters. The van der Waals surface area contributed by atoms with Crippen molar-refractivity contribution in [3.63, 3.8) is 0 Å². The molecule has 0 spiro atoms. The number of nitrogens with one attached hydrogen (secondary N) is 1. The number of benzene rings is 2. The van der Waals surface area contributed by atoms with Gasteiger partial charge in [0.25, 0.3) is 0 Å². The van der Waals surface area contributed by atoms with Crippen molar-refractivity contribution in [2.24, 2.45) is 0 Å². The van der Waals surface area contributed by atoms with E-state index in [1.165, 1.54) is 18.7 Å². The predicted molar refractivity (Wildman–Crippen MR) is 104 cm³/mol. The van der Waals surface area contributed by atoms with E-state index < -0.39 is 0 Å². The Morgan fingerprint density at radius 1 is 0.962 bits per heavy atom. The lowest BCUT2D eigenvalue weighted by Crippen LogP contribution is -2.31. The molecule has 2 aromatic carbocycles. The Morgan fingerprint density at radius 2 is 1.62 bits per heavy atom. The predicted octanol–water partition coefficient (Wildman–Crippen LogP) is 4.58. The van der Waals surface area contributed by atoms with Crippen molar-refractivity contribution in [1.29, 1.82) is 0 Å². The zero-order valence-electron chi connectivity index (χ0n) is 14.4. The SMILES string of the molecule is CC(=O)c1ccc(NC(=O)CCN(C(C)=O)c2ccc(Cl)c(Cl)c2)cc1. The van der Waals surface area contributed by atoms with Crippen molar-refractivity contribution in [3.05, 3.63) is 58.1 Å². The highest BCUT2D eigenvalue weighted by atomic mass is 35.5. The van der Waals surface area contributed by atoms with E-state index in [1.54, 1.807) is 42.5 Å². The minimum Gasteiger partial charge on any atom is -0.326 e. The molecular weight excluding hydrogens is 375 g/mol. The van der Waals surface area contributed by atoms with Crippen molar-refractivity contribution in [1.82, 2.24) is 0 Å². The average Bonchev–Trinajstić information content (AvgIpc) is 2.58. The Bertz CT molecular complexity index is 835. The van der Waals surface area contributed by atoms with Crippen molar-refractivity contribution < 1.29 is 14.4 Å². The van der Waals surface area contributed by atoms with E-state index in [0.29, 0.717) is 27.0 Å². The third-order valence-corrected chi connectivity index (χ3v) is 4.47. The molecule has 0 aromatic heterocycles. The molecule has 1 N–H and O–H groups in total. The molecule has 26 heavy (non-hydrogen) atoms. The molecule has 0 saturated carbocycles. The van der Waals surface area contributed by atoms with Crippen molar-refractivity contribution in [2.45, 2.75) is 20.3 Å². The molecule has 0 atom stereocenters. The number of rotatable bonds is 6. The fourth-order valence-corrected chi connectivity index (χ4v) is 2.64. The number of hydrogen-bond donors (Lipinski definition) is 1. The highest BCUT2D eigenvalue weighted by Crippen LogP contribution is 2.27. The quantitative estimate of drug-likeness (QED) is 0.731. The van der Waals surface area contributed by atoms with E-state index in [2.05, 4.69) is 5.32 Å². The Kier molecular flexibility index (Phi) is 6.77. The van der Waals surface area contributed by atoms with Gasteiger partial charge in [-0.2, -0.15) is 0 Å². The van der Waals surface area contributed by atoms with Crippen LogP contribution in [0.15, 0.2) is 42.5 Å². The smallest absolute Gasteiger partial charge is 0.226 e. The summed E-state index contributed by atoms with van der Waals surface area (Å²) >= 11 is 11.9. The van der Waals surface area contributed by atoms with Crippen LogP contribution in [0.4, 0.5) is 11.4 Å². The normalized spacial score (nSPS) is 10.3. The van der Waals surface area contributed by atoms with Crippen LogP contribution in [0.1, 0.15) is 30.6 Å². The molecule has 0 bridgehead atoms. The lowest BCUT2D eigenvalue weighted by molar-refractivity contribution is -0.117. The Morgan fingerprint density at radius 3 is 2.15 bits per heavy atom. The molecular formula is C19H18Cl2N2O3. The molecule has 136 valence electrons. The van der Waals surface area contributed by atoms with Gasteiger partial charge >= 0.3 is 0 Å². The van der Waals surface area contributed by atoms with Gasteiger partial charge in [-0.05, 0) is 49.4 Å². The molecule has 2 amide bonds. The Hall–Kier alpha value is -2.37. The number of halogens is 2. The molecule has 0 saturated heterocycles. The van der Waals surface area contributed by atoms with Gasteiger partial charge in [0.1, 0.15) is 0 Å². The summed E-state index contributed by atoms with van der Waals surface area (Å²) in [5, 5.41) is 3.47. The molecule has 0 aliphatic heterocycles. The van der Waals surface area contributed by atoms with Gasteiger partial charge in [0, 0.05) is 36.8 Å². The molecule has 2 aromatic rings. The maximum absolute atomic E-state index is 12.1. The van der Waals surface area contributed by atoms with Crippen molar-refractivity contribution in [3.8, 4) is 0 Å². The maximum atomic E-state index is 12.1. The Labute approximate surface area is 161 Å². The van der Waals surface area contributed by atoms with E-state index in [1.807, 2.05) is 0 Å². The topological polar surface area (TPSA) is 66.5 Å². The van der Waals surface area contributed by atoms with Crippen molar-refractivity contribution >= 4 is 52.2 Å². The average molecular weight is 393 g/mol. The zero-order chi connectivity index (χ0) is 19.3. The number of Topliss-reactive ketones (excluding diaryl/α,β-unsaturated/α-hetero) is 1. The van der Waals surface area contributed by atoms with Gasteiger partial charge in [-0.15, -0.1) is 0 Å². The number of amides is 2. The van der Waals surface area contributed by atoms with Gasteiger partial charge in [-0.25, -0.2) is 0 Å². The van der Waals surface area contributed by atoms with Crippen LogP contribution in [-0.2, 0) is 9.59 Å². The Balaban J connectivity index is 1.99. The first kappa shape index (κ1) is 19.9. The van der Waals surface area contributed by atoms with E-state index in [9.17, 15) is 14.4 Å². The van der Waals surface area contributed by atoms with Gasteiger partial charge in [0.05, 0.1) is 10.0 Å². The summed E-state index contributed by atoms with van der Waals surface area (Å²) in [5.41, 5.74) is 1.74. The highest BCUT2D eigenvalue weighted by molar-refractivity contribution is 6.42. The van der Waals surface area contributed by atoms with Crippen LogP contribution in [0.2, 0.25) is 10.0 Å². The minimum atomic E-state index is -0.244. The molecule has 0 aliphatic carbocycles. The fourth-order valence-electron chi connectivity index (χ4n) is 2.35. The monoisotopic (exact) mass is 392 g/mol. The number of hydrogen-bond acceptors (Lipinski definition) is 3. The van der Waals surface area contributed by atoms with E-state index >= 15 is 0 Å². The van der Waals surface area contributed by atoms with E-state index in [0.717, 1.165) is 0 Å². The third kappa shape index (κ3) is 5.31. The summed E-state index contributed by atoms with van der Waals surface area (Å²) in [6.45, 7) is 3.10. The summed E-state index contributed by atoms with van der Waals surface area (Å²) in [6, 6.07) is 11.5. The van der Waals surface area contributed by atoms with Crippen LogP contribution in [0.3, 0.4) is 0 Å². The largest absolute Gasteiger partial charge is 0.326 e. The van der Waals surface area contributed by atoms with Gasteiger partial charge in [-0.1, -0.05) is 23.2 Å².